The Hall–Kier alpha value is -2.34. The molecule has 27 heavy (non-hydrogen) atoms. The summed E-state index contributed by atoms with van der Waals surface area (Å²) in [4.78, 5) is 23.0. The molecule has 3 fully saturated rings. The molecule has 142 valence electrons. The van der Waals surface area contributed by atoms with Gasteiger partial charge >= 0.3 is 0 Å². The topological polar surface area (TPSA) is 58.1 Å². The van der Waals surface area contributed by atoms with Gasteiger partial charge in [0.25, 0.3) is 0 Å². The zero-order chi connectivity index (χ0) is 19.0. The number of halogens is 1. The molecule has 5 rings (SSSR count). The maximum absolute atomic E-state index is 13.2. The van der Waals surface area contributed by atoms with Gasteiger partial charge in [0.05, 0.1) is 5.69 Å². The Bertz CT molecular complexity index is 839. The molecule has 1 N–H and O–H groups in total. The molecular formula is C21H25FN4O. The second-order valence-corrected chi connectivity index (χ2v) is 7.71. The van der Waals surface area contributed by atoms with Crippen LogP contribution in [0.25, 0.3) is 11.3 Å². The maximum atomic E-state index is 13.2. The highest BCUT2D eigenvalue weighted by Crippen LogP contribution is 2.41. The van der Waals surface area contributed by atoms with Crippen molar-refractivity contribution in [3.05, 3.63) is 47.7 Å². The number of fused-ring (bicyclic) bond motifs is 3. The summed E-state index contributed by atoms with van der Waals surface area (Å²) in [5.74, 6) is 1.49. The first-order valence-corrected chi connectivity index (χ1v) is 9.59. The molecule has 3 aliphatic rings. The highest BCUT2D eigenvalue weighted by Gasteiger charge is 2.41. The van der Waals surface area contributed by atoms with Crippen LogP contribution in [0.5, 0.6) is 0 Å². The predicted octanol–water partition coefficient (Wildman–Crippen LogP) is 2.91. The lowest BCUT2D eigenvalue weighted by molar-refractivity contribution is -0.119. The Morgan fingerprint density at radius 3 is 2.74 bits per heavy atom. The summed E-state index contributed by atoms with van der Waals surface area (Å²) in [5, 5.41) is 2.96. The van der Waals surface area contributed by atoms with E-state index in [4.69, 9.17) is 4.98 Å². The van der Waals surface area contributed by atoms with Crippen LogP contribution in [0.15, 0.2) is 30.3 Å². The summed E-state index contributed by atoms with van der Waals surface area (Å²) in [5.41, 5.74) is 2.84. The Morgan fingerprint density at radius 1 is 1.30 bits per heavy atom. The van der Waals surface area contributed by atoms with Crippen LogP contribution in [0.3, 0.4) is 0 Å². The number of nitrogens with zero attached hydrogens (tertiary/aromatic N) is 3. The molecule has 2 aromatic rings. The van der Waals surface area contributed by atoms with Crippen molar-refractivity contribution < 1.29 is 9.18 Å². The number of aromatic nitrogens is 2. The molecule has 4 atom stereocenters. The number of amides is 1. The molecular weight excluding hydrogens is 343 g/mol. The van der Waals surface area contributed by atoms with E-state index >= 15 is 0 Å². The van der Waals surface area contributed by atoms with Crippen LogP contribution in [-0.4, -0.2) is 46.5 Å². The first-order valence-electron chi connectivity index (χ1n) is 9.59. The number of carbonyl (C=O) groups excluding carboxylic acids is 1. The van der Waals surface area contributed by atoms with Crippen molar-refractivity contribution in [2.45, 2.75) is 38.6 Å². The molecule has 5 nitrogen and oxygen atoms in total. The van der Waals surface area contributed by atoms with E-state index in [0.29, 0.717) is 17.9 Å². The van der Waals surface area contributed by atoms with Crippen LogP contribution < -0.4 is 5.32 Å². The first-order chi connectivity index (χ1) is 13.0. The maximum Gasteiger partial charge on any atom is 0.216 e. The first kappa shape index (κ1) is 18.0. The van der Waals surface area contributed by atoms with Crippen LogP contribution >= 0.6 is 0 Å². The Morgan fingerprint density at radius 2 is 2.07 bits per heavy atom. The van der Waals surface area contributed by atoms with Gasteiger partial charge in [-0.25, -0.2) is 14.4 Å². The third-order valence-electron chi connectivity index (χ3n) is 5.84. The highest BCUT2D eigenvalue weighted by molar-refractivity contribution is 5.72. The SMILES string of the molecule is CC(=O)NC[C@H]1C[C@@H]2CCN1C[C@@H]2c1cc(-c2ccc(F)cc2)nc(C)n1. The summed E-state index contributed by atoms with van der Waals surface area (Å²) in [6, 6.07) is 8.95. The summed E-state index contributed by atoms with van der Waals surface area (Å²) in [7, 11) is 0. The minimum absolute atomic E-state index is 0.0320. The van der Waals surface area contributed by atoms with Gasteiger partial charge in [-0.15, -0.1) is 0 Å². The van der Waals surface area contributed by atoms with Crippen molar-refractivity contribution in [1.29, 1.82) is 0 Å². The van der Waals surface area contributed by atoms with Crippen molar-refractivity contribution >= 4 is 5.91 Å². The molecule has 1 amide bonds. The Labute approximate surface area is 159 Å². The smallest absolute Gasteiger partial charge is 0.216 e. The van der Waals surface area contributed by atoms with Crippen molar-refractivity contribution in [3.63, 3.8) is 0 Å². The number of piperidine rings is 3. The van der Waals surface area contributed by atoms with Gasteiger partial charge in [0, 0.05) is 43.2 Å². The van der Waals surface area contributed by atoms with Crippen molar-refractivity contribution in [2.75, 3.05) is 19.6 Å². The number of aryl methyl sites for hydroxylation is 1. The minimum Gasteiger partial charge on any atom is -0.355 e. The zero-order valence-electron chi connectivity index (χ0n) is 15.8. The lowest BCUT2D eigenvalue weighted by Gasteiger charge is -2.49. The molecule has 6 heteroatoms. The lowest BCUT2D eigenvalue weighted by atomic mass is 9.74. The second kappa shape index (κ2) is 7.35. The quantitative estimate of drug-likeness (QED) is 0.902. The number of carbonyl (C=O) groups is 1. The lowest BCUT2D eigenvalue weighted by Crippen LogP contribution is -2.56. The fraction of sp³-hybridized carbons (Fsp3) is 0.476. The van der Waals surface area contributed by atoms with Gasteiger partial charge in [0.2, 0.25) is 5.91 Å². The fourth-order valence-corrected chi connectivity index (χ4v) is 4.50. The van der Waals surface area contributed by atoms with Crippen LogP contribution in [-0.2, 0) is 4.79 Å². The van der Waals surface area contributed by atoms with E-state index in [1.165, 1.54) is 12.1 Å². The summed E-state index contributed by atoms with van der Waals surface area (Å²) in [6.45, 7) is 6.26. The normalized spacial score (nSPS) is 26.8. The van der Waals surface area contributed by atoms with Gasteiger partial charge in [-0.2, -0.15) is 0 Å². The van der Waals surface area contributed by atoms with Crippen molar-refractivity contribution in [1.82, 2.24) is 20.2 Å². The molecule has 3 saturated heterocycles. The van der Waals surface area contributed by atoms with Crippen molar-refractivity contribution in [2.24, 2.45) is 5.92 Å². The molecule has 0 saturated carbocycles. The average molecular weight is 368 g/mol. The number of hydrogen-bond acceptors (Lipinski definition) is 4. The standard InChI is InChI=1S/C21H25FN4O/c1-13-24-20(15-3-5-17(22)6-4-15)10-21(25-13)19-12-26-8-7-16(19)9-18(26)11-23-14(2)27/h3-6,10,16,18-19H,7-9,11-12H2,1-2H3,(H,23,27)/t16-,18+,19-/m0/s1. The molecule has 4 heterocycles. The monoisotopic (exact) mass is 368 g/mol. The molecule has 0 spiro atoms. The van der Waals surface area contributed by atoms with E-state index in [2.05, 4.69) is 21.3 Å². The van der Waals surface area contributed by atoms with E-state index in [-0.39, 0.29) is 11.7 Å². The number of rotatable bonds is 4. The van der Waals surface area contributed by atoms with E-state index in [1.54, 1.807) is 19.1 Å². The number of hydrogen-bond donors (Lipinski definition) is 1. The molecule has 0 aliphatic carbocycles. The van der Waals surface area contributed by atoms with Gasteiger partial charge < -0.3 is 5.32 Å². The summed E-state index contributed by atoms with van der Waals surface area (Å²) in [6.07, 6.45) is 2.25. The highest BCUT2D eigenvalue weighted by atomic mass is 19.1. The molecule has 2 bridgehead atoms. The van der Waals surface area contributed by atoms with Crippen molar-refractivity contribution in [3.8, 4) is 11.3 Å². The van der Waals surface area contributed by atoms with E-state index < -0.39 is 0 Å². The summed E-state index contributed by atoms with van der Waals surface area (Å²) >= 11 is 0. The van der Waals surface area contributed by atoms with Gasteiger partial charge in [0.15, 0.2) is 0 Å². The molecule has 3 aliphatic heterocycles. The Kier molecular flexibility index (Phi) is 4.91. The molecule has 1 aromatic heterocycles. The van der Waals surface area contributed by atoms with E-state index in [9.17, 15) is 9.18 Å². The number of nitrogens with one attached hydrogen (secondary N) is 1. The van der Waals surface area contributed by atoms with Crippen LogP contribution in [0.1, 0.15) is 37.2 Å². The average Bonchev–Trinajstić information content (AvgIpc) is 2.67. The van der Waals surface area contributed by atoms with Crippen LogP contribution in [0.2, 0.25) is 0 Å². The largest absolute Gasteiger partial charge is 0.355 e. The molecule has 1 unspecified atom stereocenters. The van der Waals surface area contributed by atoms with Gasteiger partial charge in [-0.3, -0.25) is 9.69 Å². The second-order valence-electron chi connectivity index (χ2n) is 7.71. The number of benzene rings is 1. The fourth-order valence-electron chi connectivity index (χ4n) is 4.50. The van der Waals surface area contributed by atoms with Gasteiger partial charge in [0.1, 0.15) is 11.6 Å². The van der Waals surface area contributed by atoms with E-state index in [0.717, 1.165) is 55.3 Å². The molecule has 0 radical (unpaired) electrons. The minimum atomic E-state index is -0.243. The van der Waals surface area contributed by atoms with E-state index in [1.807, 2.05) is 6.92 Å². The zero-order valence-corrected chi connectivity index (χ0v) is 15.8. The third-order valence-corrected chi connectivity index (χ3v) is 5.84. The summed E-state index contributed by atoms with van der Waals surface area (Å²) < 4.78 is 13.2. The molecule has 1 aromatic carbocycles. The predicted molar refractivity (Wildman–Crippen MR) is 102 cm³/mol. The Balaban J connectivity index is 1.56. The van der Waals surface area contributed by atoms with Crippen LogP contribution in [0, 0.1) is 18.7 Å². The van der Waals surface area contributed by atoms with Gasteiger partial charge in [-0.1, -0.05) is 0 Å². The van der Waals surface area contributed by atoms with Gasteiger partial charge in [-0.05, 0) is 62.6 Å². The van der Waals surface area contributed by atoms with Crippen LogP contribution in [0.4, 0.5) is 4.39 Å². The third kappa shape index (κ3) is 3.86.